The first kappa shape index (κ1) is 17.5. The maximum atomic E-state index is 13.4. The number of carbonyl (C=O) groups excluding carboxylic acids is 1. The Bertz CT molecular complexity index is 748. The minimum atomic E-state index is -1.12. The second-order valence-corrected chi connectivity index (χ2v) is 5.48. The van der Waals surface area contributed by atoms with Gasteiger partial charge < -0.3 is 10.0 Å². The van der Waals surface area contributed by atoms with Crippen LogP contribution in [0.5, 0.6) is 0 Å². The van der Waals surface area contributed by atoms with Gasteiger partial charge in [0, 0.05) is 13.5 Å². The van der Waals surface area contributed by atoms with Crippen LogP contribution in [0.15, 0.2) is 24.3 Å². The van der Waals surface area contributed by atoms with Crippen LogP contribution in [0, 0.1) is 12.7 Å². The highest BCUT2D eigenvalue weighted by atomic mass is 19.1. The number of hydrogen-bond acceptors (Lipinski definition) is 5. The fourth-order valence-electron chi connectivity index (χ4n) is 2.28. The van der Waals surface area contributed by atoms with Gasteiger partial charge in [0.1, 0.15) is 23.7 Å². The fourth-order valence-corrected chi connectivity index (χ4v) is 2.28. The Balaban J connectivity index is 2.35. The van der Waals surface area contributed by atoms with Gasteiger partial charge in [-0.3, -0.25) is 4.79 Å². The van der Waals surface area contributed by atoms with Gasteiger partial charge in [-0.05, 0) is 42.0 Å². The molecule has 2 aromatic rings. The lowest BCUT2D eigenvalue weighted by atomic mass is 10.0. The first-order valence-electron chi connectivity index (χ1n) is 7.29. The van der Waals surface area contributed by atoms with E-state index in [0.29, 0.717) is 11.4 Å². The third-order valence-electron chi connectivity index (χ3n) is 3.84. The van der Waals surface area contributed by atoms with Crippen LogP contribution in [0.1, 0.15) is 24.4 Å². The van der Waals surface area contributed by atoms with Crippen molar-refractivity contribution in [2.75, 3.05) is 7.05 Å². The summed E-state index contributed by atoms with van der Waals surface area (Å²) >= 11 is 0. The minimum Gasteiger partial charge on any atom is -0.480 e. The highest BCUT2D eigenvalue weighted by Gasteiger charge is 2.31. The van der Waals surface area contributed by atoms with E-state index in [2.05, 4.69) is 15.5 Å². The fraction of sp³-hybridized carbons (Fsp3) is 0.400. The first-order valence-corrected chi connectivity index (χ1v) is 7.29. The van der Waals surface area contributed by atoms with Gasteiger partial charge in [-0.25, -0.2) is 13.9 Å². The lowest BCUT2D eigenvalue weighted by Gasteiger charge is -2.27. The van der Waals surface area contributed by atoms with Crippen LogP contribution in [-0.2, 0) is 16.0 Å². The molecule has 0 bridgehead atoms. The topological polar surface area (TPSA) is 101 Å². The van der Waals surface area contributed by atoms with E-state index in [4.69, 9.17) is 5.11 Å². The van der Waals surface area contributed by atoms with Gasteiger partial charge in [-0.1, -0.05) is 12.1 Å². The largest absolute Gasteiger partial charge is 0.480 e. The number of carboxylic acids is 1. The predicted molar refractivity (Wildman–Crippen MR) is 81.6 cm³/mol. The van der Waals surface area contributed by atoms with Gasteiger partial charge in [-0.15, -0.1) is 5.10 Å². The van der Waals surface area contributed by atoms with Gasteiger partial charge in [0.2, 0.25) is 5.91 Å². The molecule has 2 unspecified atom stereocenters. The Kier molecular flexibility index (Phi) is 5.22. The molecule has 1 heterocycles. The number of likely N-dealkylation sites (N-methyl/N-ethyl adjacent to an activating group) is 1. The van der Waals surface area contributed by atoms with Crippen LogP contribution in [0.2, 0.25) is 0 Å². The zero-order valence-corrected chi connectivity index (χ0v) is 13.5. The predicted octanol–water partition coefficient (Wildman–Crippen LogP) is 0.836. The quantitative estimate of drug-likeness (QED) is 0.839. The molecule has 0 saturated carbocycles. The molecular weight excluding hydrogens is 317 g/mol. The smallest absolute Gasteiger partial charge is 0.326 e. The third kappa shape index (κ3) is 3.73. The van der Waals surface area contributed by atoms with Gasteiger partial charge in [0.05, 0.1) is 0 Å². The van der Waals surface area contributed by atoms with E-state index in [0.717, 1.165) is 4.90 Å². The lowest BCUT2D eigenvalue weighted by Crippen LogP contribution is -2.44. The number of hydrogen-bond donors (Lipinski definition) is 1. The van der Waals surface area contributed by atoms with E-state index >= 15 is 0 Å². The third-order valence-corrected chi connectivity index (χ3v) is 3.84. The van der Waals surface area contributed by atoms with E-state index in [1.165, 1.54) is 30.8 Å². The number of aliphatic carboxylic acids is 1. The molecule has 8 nitrogen and oxygen atoms in total. The first-order chi connectivity index (χ1) is 11.3. The summed E-state index contributed by atoms with van der Waals surface area (Å²) in [5.41, 5.74) is 0.583. The molecule has 2 rings (SSSR count). The molecule has 0 aliphatic rings. The summed E-state index contributed by atoms with van der Waals surface area (Å²) < 4.78 is 14.7. The molecule has 0 aliphatic carbocycles. The van der Waals surface area contributed by atoms with Crippen molar-refractivity contribution in [1.29, 1.82) is 0 Å². The molecule has 0 spiro atoms. The van der Waals surface area contributed by atoms with E-state index in [1.807, 2.05) is 0 Å². The molecule has 0 fully saturated rings. The molecule has 1 aromatic heterocycles. The van der Waals surface area contributed by atoms with Crippen molar-refractivity contribution in [3.63, 3.8) is 0 Å². The number of amides is 1. The van der Waals surface area contributed by atoms with Crippen LogP contribution >= 0.6 is 0 Å². The number of aromatic nitrogens is 4. The molecule has 0 radical (unpaired) electrons. The zero-order valence-electron chi connectivity index (χ0n) is 13.5. The molecule has 9 heteroatoms. The highest BCUT2D eigenvalue weighted by Crippen LogP contribution is 2.19. The summed E-state index contributed by atoms with van der Waals surface area (Å²) in [7, 11) is 1.40. The summed E-state index contributed by atoms with van der Waals surface area (Å²) in [4.78, 5) is 25.0. The Morgan fingerprint density at radius 1 is 1.42 bits per heavy atom. The summed E-state index contributed by atoms with van der Waals surface area (Å²) in [6.45, 7) is 3.04. The van der Waals surface area contributed by atoms with Crippen molar-refractivity contribution in [3.05, 3.63) is 41.5 Å². The molecule has 0 saturated heterocycles. The molecule has 1 N–H and O–H groups in total. The van der Waals surface area contributed by atoms with E-state index < -0.39 is 29.8 Å². The van der Waals surface area contributed by atoms with Crippen LogP contribution in [-0.4, -0.2) is 55.2 Å². The standard InChI is InChI=1S/C15H18FN5O3/c1-9(15(23)24)20(3)14(22)13(21-10(2)17-18-19-21)8-11-5-4-6-12(16)7-11/h4-7,9,13H,8H2,1-3H3,(H,23,24). The Morgan fingerprint density at radius 2 is 2.12 bits per heavy atom. The molecule has 2 atom stereocenters. The second-order valence-electron chi connectivity index (χ2n) is 5.48. The second kappa shape index (κ2) is 7.16. The molecule has 1 amide bonds. The molecule has 0 aliphatic heterocycles. The van der Waals surface area contributed by atoms with Gasteiger partial charge in [-0.2, -0.15) is 0 Å². The highest BCUT2D eigenvalue weighted by molar-refractivity contribution is 5.85. The minimum absolute atomic E-state index is 0.138. The van der Waals surface area contributed by atoms with Gasteiger partial charge in [0.15, 0.2) is 0 Å². The number of benzene rings is 1. The normalized spacial score (nSPS) is 13.3. The average Bonchev–Trinajstić information content (AvgIpc) is 2.96. The van der Waals surface area contributed by atoms with Crippen molar-refractivity contribution in [3.8, 4) is 0 Å². The Morgan fingerprint density at radius 3 is 2.67 bits per heavy atom. The van der Waals surface area contributed by atoms with E-state index in [1.54, 1.807) is 19.1 Å². The maximum absolute atomic E-state index is 13.4. The SMILES string of the molecule is Cc1nnnn1C(Cc1cccc(F)c1)C(=O)N(C)C(C)C(=O)O. The zero-order chi connectivity index (χ0) is 17.9. The summed E-state index contributed by atoms with van der Waals surface area (Å²) in [5.74, 6) is -1.60. The summed E-state index contributed by atoms with van der Waals surface area (Å²) in [5, 5.41) is 20.2. The van der Waals surface area contributed by atoms with Crippen LogP contribution in [0.4, 0.5) is 4.39 Å². The maximum Gasteiger partial charge on any atom is 0.326 e. The van der Waals surface area contributed by atoms with E-state index in [9.17, 15) is 14.0 Å². The van der Waals surface area contributed by atoms with Crippen molar-refractivity contribution < 1.29 is 19.1 Å². The number of carboxylic acid groups (broad SMARTS) is 1. The average molecular weight is 335 g/mol. The Hall–Kier alpha value is -2.84. The molecule has 1 aromatic carbocycles. The van der Waals surface area contributed by atoms with E-state index in [-0.39, 0.29) is 6.42 Å². The number of carbonyl (C=O) groups is 2. The van der Waals surface area contributed by atoms with Crippen molar-refractivity contribution >= 4 is 11.9 Å². The molecular formula is C15H18FN5O3. The number of tetrazole rings is 1. The molecule has 128 valence electrons. The number of aryl methyl sites for hydroxylation is 1. The Labute approximate surface area is 137 Å². The van der Waals surface area contributed by atoms with Gasteiger partial charge >= 0.3 is 5.97 Å². The van der Waals surface area contributed by atoms with Crippen molar-refractivity contribution in [2.45, 2.75) is 32.4 Å². The summed E-state index contributed by atoms with van der Waals surface area (Å²) in [6, 6.07) is 3.98. The van der Waals surface area contributed by atoms with Crippen LogP contribution < -0.4 is 0 Å². The van der Waals surface area contributed by atoms with Gasteiger partial charge in [0.25, 0.3) is 0 Å². The number of halogens is 1. The monoisotopic (exact) mass is 335 g/mol. The summed E-state index contributed by atoms with van der Waals surface area (Å²) in [6.07, 6.45) is 0.138. The lowest BCUT2D eigenvalue weighted by molar-refractivity contribution is -0.149. The molecule has 24 heavy (non-hydrogen) atoms. The van der Waals surface area contributed by atoms with Crippen molar-refractivity contribution in [1.82, 2.24) is 25.1 Å². The van der Waals surface area contributed by atoms with Crippen molar-refractivity contribution in [2.24, 2.45) is 0 Å². The number of rotatable bonds is 6. The van der Waals surface area contributed by atoms with Crippen LogP contribution in [0.3, 0.4) is 0 Å². The van der Waals surface area contributed by atoms with Crippen LogP contribution in [0.25, 0.3) is 0 Å². The number of nitrogens with zero attached hydrogens (tertiary/aromatic N) is 5.